The van der Waals surface area contributed by atoms with Crippen molar-refractivity contribution >= 4 is 15.9 Å². The Kier molecular flexibility index (Phi) is 2.26. The molecule has 0 atom stereocenters. The van der Waals surface area contributed by atoms with Crippen LogP contribution in [0.4, 0.5) is 0 Å². The zero-order chi connectivity index (χ0) is 7.56. The lowest BCUT2D eigenvalue weighted by atomic mass is 10.5. The lowest BCUT2D eigenvalue weighted by Gasteiger charge is -2.02. The zero-order valence-corrected chi connectivity index (χ0v) is 7.34. The summed E-state index contributed by atoms with van der Waals surface area (Å²) in [5, 5.41) is 6.36. The van der Waals surface area contributed by atoms with Crippen LogP contribution in [0.25, 0.3) is 0 Å². The molecule has 1 aromatic rings. The van der Waals surface area contributed by atoms with Gasteiger partial charge in [0, 0.05) is 0 Å². The van der Waals surface area contributed by atoms with Gasteiger partial charge in [0.25, 0.3) is 0 Å². The molecule has 0 aromatic carbocycles. The Balaban J connectivity index is 2.58. The van der Waals surface area contributed by atoms with Crippen LogP contribution in [0.5, 0.6) is 6.01 Å². The summed E-state index contributed by atoms with van der Waals surface area (Å²) in [5.41, 5.74) is 0. The van der Waals surface area contributed by atoms with E-state index in [0.717, 1.165) is 0 Å². The third kappa shape index (κ3) is 1.98. The van der Waals surface area contributed by atoms with Gasteiger partial charge >= 0.3 is 6.01 Å². The largest absolute Gasteiger partial charge is 0.460 e. The van der Waals surface area contributed by atoms with Gasteiger partial charge in [-0.05, 0) is 29.8 Å². The van der Waals surface area contributed by atoms with E-state index in [2.05, 4.69) is 31.1 Å². The van der Waals surface area contributed by atoms with E-state index >= 15 is 0 Å². The summed E-state index contributed by atoms with van der Waals surface area (Å²) in [4.78, 5) is 3.88. The molecule has 0 aliphatic carbocycles. The first-order valence-electron chi connectivity index (χ1n) is 2.93. The highest BCUT2D eigenvalue weighted by Gasteiger charge is 2.02. The number of hydrogen-bond acceptors (Lipinski definition) is 3. The maximum atomic E-state index is 5.15. The molecule has 0 saturated carbocycles. The Morgan fingerprint density at radius 3 is 2.70 bits per heavy atom. The second-order valence-corrected chi connectivity index (χ2v) is 2.83. The number of aromatic amines is 1. The zero-order valence-electron chi connectivity index (χ0n) is 5.76. The molecule has 0 fully saturated rings. The molecule has 10 heavy (non-hydrogen) atoms. The number of nitrogens with zero attached hydrogens (tertiary/aromatic N) is 2. The molecule has 0 aliphatic heterocycles. The maximum Gasteiger partial charge on any atom is 0.336 e. The van der Waals surface area contributed by atoms with E-state index in [9.17, 15) is 0 Å². The summed E-state index contributed by atoms with van der Waals surface area (Å²) >= 11 is 3.11. The van der Waals surface area contributed by atoms with E-state index in [-0.39, 0.29) is 6.10 Å². The third-order valence-electron chi connectivity index (χ3n) is 0.779. The Bertz CT molecular complexity index is 210. The summed E-state index contributed by atoms with van der Waals surface area (Å²) in [7, 11) is 0. The fourth-order valence-electron chi connectivity index (χ4n) is 0.491. The quantitative estimate of drug-likeness (QED) is 0.794. The van der Waals surface area contributed by atoms with Crippen LogP contribution in [-0.4, -0.2) is 21.3 Å². The van der Waals surface area contributed by atoms with E-state index in [1.165, 1.54) is 0 Å². The van der Waals surface area contributed by atoms with Crippen molar-refractivity contribution in [3.63, 3.8) is 0 Å². The fraction of sp³-hybridized carbons (Fsp3) is 0.600. The molecule has 1 rings (SSSR count). The number of halogens is 1. The van der Waals surface area contributed by atoms with Gasteiger partial charge in [0.2, 0.25) is 0 Å². The molecule has 4 nitrogen and oxygen atoms in total. The van der Waals surface area contributed by atoms with Gasteiger partial charge in [-0.25, -0.2) is 0 Å². The number of rotatable bonds is 2. The van der Waals surface area contributed by atoms with Crippen LogP contribution in [-0.2, 0) is 0 Å². The number of hydrogen-bond donors (Lipinski definition) is 1. The molecular weight excluding hydrogens is 198 g/mol. The minimum absolute atomic E-state index is 0.114. The van der Waals surface area contributed by atoms with Crippen LogP contribution in [0.2, 0.25) is 0 Å². The van der Waals surface area contributed by atoms with Crippen LogP contribution in [0.1, 0.15) is 13.8 Å². The van der Waals surface area contributed by atoms with Crippen LogP contribution >= 0.6 is 15.9 Å². The molecule has 1 heterocycles. The average Bonchev–Trinajstić information content (AvgIpc) is 2.13. The monoisotopic (exact) mass is 205 g/mol. The maximum absolute atomic E-state index is 5.15. The van der Waals surface area contributed by atoms with Gasteiger partial charge in [-0.1, -0.05) is 0 Å². The van der Waals surface area contributed by atoms with Crippen molar-refractivity contribution in [2.75, 3.05) is 0 Å². The van der Waals surface area contributed by atoms with Crippen molar-refractivity contribution in [2.24, 2.45) is 0 Å². The average molecular weight is 206 g/mol. The fourth-order valence-corrected chi connectivity index (χ4v) is 0.732. The lowest BCUT2D eigenvalue weighted by Crippen LogP contribution is -2.06. The van der Waals surface area contributed by atoms with Crippen molar-refractivity contribution in [3.05, 3.63) is 4.73 Å². The highest BCUT2D eigenvalue weighted by atomic mass is 79.9. The van der Waals surface area contributed by atoms with E-state index in [1.807, 2.05) is 13.8 Å². The molecule has 0 radical (unpaired) electrons. The van der Waals surface area contributed by atoms with Gasteiger partial charge < -0.3 is 4.74 Å². The summed E-state index contributed by atoms with van der Waals surface area (Å²) in [6.45, 7) is 3.84. The number of nitrogens with one attached hydrogen (secondary N) is 1. The van der Waals surface area contributed by atoms with Gasteiger partial charge in [0.05, 0.1) is 6.10 Å². The van der Waals surface area contributed by atoms with E-state index in [4.69, 9.17) is 4.74 Å². The number of H-pyrrole nitrogens is 1. The normalized spacial score (nSPS) is 10.4. The molecule has 0 bridgehead atoms. The van der Waals surface area contributed by atoms with Crippen LogP contribution in [0.3, 0.4) is 0 Å². The van der Waals surface area contributed by atoms with Crippen molar-refractivity contribution in [1.82, 2.24) is 15.2 Å². The molecular formula is C5H8BrN3O. The predicted molar refractivity (Wildman–Crippen MR) is 39.8 cm³/mol. The van der Waals surface area contributed by atoms with Gasteiger partial charge in [-0.3, -0.25) is 5.10 Å². The Hall–Kier alpha value is -0.580. The predicted octanol–water partition coefficient (Wildman–Crippen LogP) is 1.35. The van der Waals surface area contributed by atoms with Crippen LogP contribution in [0, 0.1) is 0 Å². The van der Waals surface area contributed by atoms with E-state index in [1.54, 1.807) is 0 Å². The highest BCUT2D eigenvalue weighted by Crippen LogP contribution is 2.07. The molecule has 0 amide bonds. The molecule has 1 aromatic heterocycles. The first kappa shape index (κ1) is 7.53. The first-order valence-corrected chi connectivity index (χ1v) is 3.72. The highest BCUT2D eigenvalue weighted by molar-refractivity contribution is 9.10. The Labute approximate surface area is 67.1 Å². The molecule has 1 N–H and O–H groups in total. The summed E-state index contributed by atoms with van der Waals surface area (Å²) in [6.07, 6.45) is 0.114. The summed E-state index contributed by atoms with van der Waals surface area (Å²) in [5.74, 6) is 0. The van der Waals surface area contributed by atoms with Gasteiger partial charge in [0.1, 0.15) is 0 Å². The lowest BCUT2D eigenvalue weighted by molar-refractivity contribution is 0.223. The second-order valence-electron chi connectivity index (χ2n) is 2.08. The Morgan fingerprint density at radius 2 is 2.30 bits per heavy atom. The van der Waals surface area contributed by atoms with Gasteiger partial charge in [-0.15, -0.1) is 5.10 Å². The molecule has 0 aliphatic rings. The minimum atomic E-state index is 0.114. The van der Waals surface area contributed by atoms with E-state index < -0.39 is 0 Å². The molecule has 0 spiro atoms. The molecule has 56 valence electrons. The first-order chi connectivity index (χ1) is 4.68. The van der Waals surface area contributed by atoms with Gasteiger partial charge in [-0.2, -0.15) is 4.98 Å². The van der Waals surface area contributed by atoms with Crippen molar-refractivity contribution < 1.29 is 4.74 Å². The second kappa shape index (κ2) is 3.01. The standard InChI is InChI=1S/C5H8BrN3O/c1-3(2)10-5-7-4(6)8-9-5/h3H,1-2H3,(H,7,8,9). The van der Waals surface area contributed by atoms with Crippen molar-refractivity contribution in [1.29, 1.82) is 0 Å². The molecule has 0 saturated heterocycles. The van der Waals surface area contributed by atoms with Gasteiger partial charge in [0.15, 0.2) is 4.73 Å². The topological polar surface area (TPSA) is 50.8 Å². The third-order valence-corrected chi connectivity index (χ3v) is 1.13. The number of ether oxygens (including phenoxy) is 1. The van der Waals surface area contributed by atoms with Crippen molar-refractivity contribution in [3.8, 4) is 6.01 Å². The molecule has 0 unspecified atom stereocenters. The summed E-state index contributed by atoms with van der Waals surface area (Å²) < 4.78 is 5.74. The SMILES string of the molecule is CC(C)Oc1n[nH]c(Br)n1. The smallest absolute Gasteiger partial charge is 0.336 e. The van der Waals surface area contributed by atoms with E-state index in [0.29, 0.717) is 10.7 Å². The molecule has 5 heteroatoms. The minimum Gasteiger partial charge on any atom is -0.460 e. The Morgan fingerprint density at radius 1 is 1.60 bits per heavy atom. The van der Waals surface area contributed by atoms with Crippen molar-refractivity contribution in [2.45, 2.75) is 20.0 Å². The summed E-state index contributed by atoms with van der Waals surface area (Å²) in [6, 6.07) is 0.377. The van der Waals surface area contributed by atoms with Crippen LogP contribution < -0.4 is 4.74 Å². The number of aromatic nitrogens is 3. The van der Waals surface area contributed by atoms with Crippen LogP contribution in [0.15, 0.2) is 4.73 Å².